The number of hydrogen-bond acceptors (Lipinski definition) is 3. The molecular weight excluding hydrogens is 292 g/mol. The summed E-state index contributed by atoms with van der Waals surface area (Å²) in [5.74, 6) is -0.139. The van der Waals surface area contributed by atoms with E-state index in [-0.39, 0.29) is 5.91 Å². The number of halogens is 1. The van der Waals surface area contributed by atoms with E-state index in [0.29, 0.717) is 10.7 Å². The van der Waals surface area contributed by atoms with Crippen molar-refractivity contribution in [2.45, 2.75) is 6.92 Å². The normalized spacial score (nSPS) is 10.7. The third kappa shape index (κ3) is 2.53. The van der Waals surface area contributed by atoms with Gasteiger partial charge in [0.2, 0.25) is 5.91 Å². The molecule has 0 saturated heterocycles. The summed E-state index contributed by atoms with van der Waals surface area (Å²) in [4.78, 5) is 15.6. The molecule has 0 aliphatic heterocycles. The molecule has 1 amide bonds. The highest BCUT2D eigenvalue weighted by molar-refractivity contribution is 7.21. The van der Waals surface area contributed by atoms with E-state index < -0.39 is 0 Å². The Balaban J connectivity index is 2.01. The molecule has 1 aromatic heterocycles. The minimum atomic E-state index is -0.139. The number of nitrogens with one attached hydrogen (secondary N) is 1. The Morgan fingerprint density at radius 2 is 2.05 bits per heavy atom. The monoisotopic (exact) mass is 302 g/mol. The Bertz CT molecular complexity index is 764. The van der Waals surface area contributed by atoms with Crippen molar-refractivity contribution in [3.8, 4) is 10.6 Å². The maximum Gasteiger partial charge on any atom is 0.221 e. The van der Waals surface area contributed by atoms with Crippen molar-refractivity contribution in [2.24, 2.45) is 0 Å². The third-order valence-corrected chi connectivity index (χ3v) is 4.22. The van der Waals surface area contributed by atoms with Crippen LogP contribution >= 0.6 is 22.9 Å². The van der Waals surface area contributed by atoms with Gasteiger partial charge in [0.1, 0.15) is 5.01 Å². The Morgan fingerprint density at radius 3 is 2.75 bits per heavy atom. The molecule has 0 bridgehead atoms. The van der Waals surface area contributed by atoms with E-state index in [9.17, 15) is 4.79 Å². The Morgan fingerprint density at radius 1 is 1.25 bits per heavy atom. The van der Waals surface area contributed by atoms with Crippen LogP contribution in [0.5, 0.6) is 0 Å². The van der Waals surface area contributed by atoms with Gasteiger partial charge in [0.15, 0.2) is 0 Å². The van der Waals surface area contributed by atoms with Crippen LogP contribution in [0.25, 0.3) is 20.8 Å². The minimum absolute atomic E-state index is 0.139. The number of aromatic nitrogens is 1. The summed E-state index contributed by atoms with van der Waals surface area (Å²) in [6.07, 6.45) is 0. The molecule has 1 N–H and O–H groups in total. The molecule has 0 aliphatic rings. The first kappa shape index (κ1) is 13.1. The first-order chi connectivity index (χ1) is 9.63. The van der Waals surface area contributed by atoms with Crippen molar-refractivity contribution in [2.75, 3.05) is 5.32 Å². The van der Waals surface area contributed by atoms with Gasteiger partial charge in [0, 0.05) is 12.5 Å². The minimum Gasteiger partial charge on any atom is -0.325 e. The fourth-order valence-electron chi connectivity index (χ4n) is 1.93. The van der Waals surface area contributed by atoms with Crippen molar-refractivity contribution in [3.05, 3.63) is 47.5 Å². The molecule has 0 saturated carbocycles. The predicted octanol–water partition coefficient (Wildman–Crippen LogP) is 4.58. The lowest BCUT2D eigenvalue weighted by Crippen LogP contribution is -2.05. The fraction of sp³-hybridized carbons (Fsp3) is 0.0667. The maximum absolute atomic E-state index is 11.1. The van der Waals surface area contributed by atoms with Gasteiger partial charge in [0.05, 0.1) is 20.9 Å². The van der Waals surface area contributed by atoms with Crippen LogP contribution in [0.4, 0.5) is 5.69 Å². The summed E-state index contributed by atoms with van der Waals surface area (Å²) in [5, 5.41) is 4.12. The van der Waals surface area contributed by atoms with Gasteiger partial charge in [0.25, 0.3) is 0 Å². The number of benzene rings is 2. The molecule has 100 valence electrons. The van der Waals surface area contributed by atoms with E-state index in [0.717, 1.165) is 20.8 Å². The van der Waals surface area contributed by atoms with E-state index in [4.69, 9.17) is 11.6 Å². The number of anilines is 1. The van der Waals surface area contributed by atoms with Gasteiger partial charge in [-0.2, -0.15) is 0 Å². The van der Waals surface area contributed by atoms with Gasteiger partial charge < -0.3 is 5.32 Å². The van der Waals surface area contributed by atoms with Crippen LogP contribution in [0.3, 0.4) is 0 Å². The van der Waals surface area contributed by atoms with Gasteiger partial charge in [-0.1, -0.05) is 23.7 Å². The van der Waals surface area contributed by atoms with E-state index >= 15 is 0 Å². The van der Waals surface area contributed by atoms with Crippen molar-refractivity contribution in [1.29, 1.82) is 0 Å². The van der Waals surface area contributed by atoms with E-state index in [1.54, 1.807) is 17.4 Å². The van der Waals surface area contributed by atoms with Crippen LogP contribution in [0.1, 0.15) is 6.92 Å². The van der Waals surface area contributed by atoms with Crippen molar-refractivity contribution in [1.82, 2.24) is 4.98 Å². The highest BCUT2D eigenvalue weighted by atomic mass is 35.5. The molecule has 0 unspecified atom stereocenters. The zero-order valence-electron chi connectivity index (χ0n) is 10.7. The summed E-state index contributed by atoms with van der Waals surface area (Å²) in [6, 6.07) is 13.5. The molecule has 3 rings (SSSR count). The van der Waals surface area contributed by atoms with Gasteiger partial charge in [-0.15, -0.1) is 11.3 Å². The topological polar surface area (TPSA) is 42.0 Å². The molecule has 0 atom stereocenters. The van der Waals surface area contributed by atoms with Crippen LogP contribution in [-0.4, -0.2) is 10.9 Å². The molecule has 3 aromatic rings. The van der Waals surface area contributed by atoms with Crippen LogP contribution in [0.15, 0.2) is 42.5 Å². The predicted molar refractivity (Wildman–Crippen MR) is 84.4 cm³/mol. The Labute approximate surface area is 125 Å². The Hall–Kier alpha value is -1.91. The Kier molecular flexibility index (Phi) is 3.42. The molecule has 5 heteroatoms. The van der Waals surface area contributed by atoms with Crippen LogP contribution in [0, 0.1) is 0 Å². The average Bonchev–Trinajstić information content (AvgIpc) is 2.84. The van der Waals surface area contributed by atoms with Crippen LogP contribution < -0.4 is 5.32 Å². The van der Waals surface area contributed by atoms with Gasteiger partial charge in [-0.3, -0.25) is 4.79 Å². The standard InChI is InChI=1S/C15H11ClN2OS/c1-9(19)17-12-7-6-10(8-11(12)16)15-18-13-4-2-3-5-14(13)20-15/h2-8H,1H3,(H,17,19). The van der Waals surface area contributed by atoms with Gasteiger partial charge in [-0.25, -0.2) is 4.98 Å². The van der Waals surface area contributed by atoms with Crippen molar-refractivity contribution < 1.29 is 4.79 Å². The zero-order chi connectivity index (χ0) is 14.1. The number of hydrogen-bond donors (Lipinski definition) is 1. The molecule has 0 fully saturated rings. The van der Waals surface area contributed by atoms with Crippen molar-refractivity contribution in [3.63, 3.8) is 0 Å². The SMILES string of the molecule is CC(=O)Nc1ccc(-c2nc3ccccc3s2)cc1Cl. The molecule has 2 aromatic carbocycles. The zero-order valence-corrected chi connectivity index (χ0v) is 12.3. The molecular formula is C15H11ClN2OS. The van der Waals surface area contributed by atoms with Gasteiger partial charge >= 0.3 is 0 Å². The second-order valence-corrected chi connectivity index (χ2v) is 5.80. The molecule has 1 heterocycles. The molecule has 3 nitrogen and oxygen atoms in total. The summed E-state index contributed by atoms with van der Waals surface area (Å²) >= 11 is 7.81. The average molecular weight is 303 g/mol. The number of fused-ring (bicyclic) bond motifs is 1. The molecule has 0 spiro atoms. The summed E-state index contributed by atoms with van der Waals surface area (Å²) in [6.45, 7) is 1.46. The van der Waals surface area contributed by atoms with Crippen LogP contribution in [-0.2, 0) is 4.79 Å². The summed E-state index contributed by atoms with van der Waals surface area (Å²) in [7, 11) is 0. The highest BCUT2D eigenvalue weighted by Crippen LogP contribution is 2.33. The first-order valence-electron chi connectivity index (χ1n) is 6.06. The van der Waals surface area contributed by atoms with Crippen LogP contribution in [0.2, 0.25) is 5.02 Å². The molecule has 20 heavy (non-hydrogen) atoms. The first-order valence-corrected chi connectivity index (χ1v) is 7.26. The number of nitrogens with zero attached hydrogens (tertiary/aromatic N) is 1. The molecule has 0 aliphatic carbocycles. The lowest BCUT2D eigenvalue weighted by molar-refractivity contribution is -0.114. The number of thiazole rings is 1. The van der Waals surface area contributed by atoms with Crippen molar-refractivity contribution >= 4 is 44.7 Å². The van der Waals surface area contributed by atoms with Gasteiger partial charge in [-0.05, 0) is 30.3 Å². The summed E-state index contributed by atoms with van der Waals surface area (Å²) < 4.78 is 1.14. The smallest absolute Gasteiger partial charge is 0.221 e. The maximum atomic E-state index is 11.1. The number of rotatable bonds is 2. The fourth-order valence-corrected chi connectivity index (χ4v) is 3.12. The number of amides is 1. The number of para-hydroxylation sites is 1. The molecule has 0 radical (unpaired) electrons. The number of carbonyl (C=O) groups is 1. The van der Waals surface area contributed by atoms with E-state index in [2.05, 4.69) is 10.3 Å². The largest absolute Gasteiger partial charge is 0.325 e. The van der Waals surface area contributed by atoms with E-state index in [1.807, 2.05) is 36.4 Å². The lowest BCUT2D eigenvalue weighted by atomic mass is 10.2. The highest BCUT2D eigenvalue weighted by Gasteiger charge is 2.09. The van der Waals surface area contributed by atoms with E-state index in [1.165, 1.54) is 6.92 Å². The lowest BCUT2D eigenvalue weighted by Gasteiger charge is -2.05. The second kappa shape index (κ2) is 5.23. The number of carbonyl (C=O) groups excluding carboxylic acids is 1. The third-order valence-electron chi connectivity index (χ3n) is 2.82. The summed E-state index contributed by atoms with van der Waals surface area (Å²) in [5.41, 5.74) is 2.55. The quantitative estimate of drug-likeness (QED) is 0.753. The second-order valence-electron chi connectivity index (χ2n) is 4.36.